The molecule has 0 aliphatic rings. The maximum Gasteiger partial charge on any atom is 0.413 e. The van der Waals surface area contributed by atoms with Crippen LogP contribution < -0.4 is 10.6 Å². The van der Waals surface area contributed by atoms with E-state index < -0.39 is 11.7 Å². The Kier molecular flexibility index (Phi) is 5.15. The Bertz CT molecular complexity index is 616. The largest absolute Gasteiger partial charge is 0.444 e. The summed E-state index contributed by atoms with van der Waals surface area (Å²) in [6.45, 7) is 6.80. The number of anilines is 1. The molecule has 120 valence electrons. The molecule has 0 unspecified atom stereocenters. The summed E-state index contributed by atoms with van der Waals surface area (Å²) in [4.78, 5) is 17.1. The van der Waals surface area contributed by atoms with Gasteiger partial charge in [-0.15, -0.1) is 11.3 Å². The third kappa shape index (κ3) is 4.81. The minimum atomic E-state index is -0.534. The van der Waals surface area contributed by atoms with Crippen molar-refractivity contribution in [3.05, 3.63) is 28.3 Å². The number of ether oxygens (including phenoxy) is 1. The molecule has 0 aliphatic carbocycles. The average Bonchev–Trinajstić information content (AvgIpc) is 3.01. The standard InChI is InChI=1S/C14H21N5O2S/c1-14(2,3)21-13(20)18-12-10(6-17-19(12)4)5-15-7-11-8-16-9-22-11/h6,8-9,15H,5,7H2,1-4H3,(H,18,20). The first-order valence-corrected chi connectivity index (χ1v) is 7.82. The van der Waals surface area contributed by atoms with E-state index in [9.17, 15) is 4.79 Å². The zero-order valence-electron chi connectivity index (χ0n) is 13.2. The van der Waals surface area contributed by atoms with Crippen molar-refractivity contribution in [2.24, 2.45) is 7.05 Å². The van der Waals surface area contributed by atoms with E-state index in [1.54, 1.807) is 34.8 Å². The van der Waals surface area contributed by atoms with Crippen LogP contribution in [0.4, 0.5) is 10.6 Å². The molecule has 8 heteroatoms. The molecule has 2 heterocycles. The van der Waals surface area contributed by atoms with Gasteiger partial charge in [0.05, 0.1) is 11.7 Å². The fourth-order valence-electron chi connectivity index (χ4n) is 1.82. The number of rotatable bonds is 5. The Hall–Kier alpha value is -1.93. The summed E-state index contributed by atoms with van der Waals surface area (Å²) >= 11 is 1.60. The van der Waals surface area contributed by atoms with Crippen molar-refractivity contribution in [1.29, 1.82) is 0 Å². The monoisotopic (exact) mass is 323 g/mol. The van der Waals surface area contributed by atoms with Gasteiger partial charge in [-0.25, -0.2) is 4.79 Å². The van der Waals surface area contributed by atoms with Crippen LogP contribution in [0.25, 0.3) is 0 Å². The zero-order chi connectivity index (χ0) is 16.2. The minimum absolute atomic E-state index is 0.486. The smallest absolute Gasteiger partial charge is 0.413 e. The van der Waals surface area contributed by atoms with Crippen molar-refractivity contribution < 1.29 is 9.53 Å². The Morgan fingerprint density at radius 1 is 1.36 bits per heavy atom. The Morgan fingerprint density at radius 3 is 2.77 bits per heavy atom. The molecule has 0 spiro atoms. The summed E-state index contributed by atoms with van der Waals surface area (Å²) in [6, 6.07) is 0. The quantitative estimate of drug-likeness (QED) is 0.883. The number of aryl methyl sites for hydroxylation is 1. The first-order valence-electron chi connectivity index (χ1n) is 6.94. The predicted molar refractivity (Wildman–Crippen MR) is 85.7 cm³/mol. The van der Waals surface area contributed by atoms with Crippen molar-refractivity contribution >= 4 is 23.2 Å². The molecule has 0 aliphatic heterocycles. The number of carbonyl (C=O) groups excluding carboxylic acids is 1. The summed E-state index contributed by atoms with van der Waals surface area (Å²) in [5, 5.41) is 10.2. The maximum atomic E-state index is 11.9. The summed E-state index contributed by atoms with van der Waals surface area (Å²) in [5.41, 5.74) is 2.17. The second kappa shape index (κ2) is 6.89. The van der Waals surface area contributed by atoms with Crippen molar-refractivity contribution in [2.45, 2.75) is 39.5 Å². The van der Waals surface area contributed by atoms with Crippen LogP contribution in [0, 0.1) is 0 Å². The van der Waals surface area contributed by atoms with Crippen LogP contribution in [0.5, 0.6) is 0 Å². The van der Waals surface area contributed by atoms with Gasteiger partial charge in [-0.3, -0.25) is 15.0 Å². The third-order valence-corrected chi connectivity index (χ3v) is 3.51. The number of thiazole rings is 1. The Balaban J connectivity index is 1.94. The molecule has 0 saturated carbocycles. The number of hydrogen-bond acceptors (Lipinski definition) is 6. The minimum Gasteiger partial charge on any atom is -0.444 e. The normalized spacial score (nSPS) is 11.5. The molecule has 2 N–H and O–H groups in total. The molecule has 0 radical (unpaired) electrons. The van der Waals surface area contributed by atoms with Crippen molar-refractivity contribution in [2.75, 3.05) is 5.32 Å². The van der Waals surface area contributed by atoms with Gasteiger partial charge in [0.2, 0.25) is 0 Å². The molecule has 0 aromatic carbocycles. The highest BCUT2D eigenvalue weighted by Gasteiger charge is 2.18. The molecular formula is C14H21N5O2S. The lowest BCUT2D eigenvalue weighted by Gasteiger charge is -2.20. The summed E-state index contributed by atoms with van der Waals surface area (Å²) < 4.78 is 6.88. The Labute approximate surface area is 133 Å². The first kappa shape index (κ1) is 16.4. The molecule has 0 fully saturated rings. The van der Waals surface area contributed by atoms with Gasteiger partial charge in [-0.05, 0) is 20.8 Å². The van der Waals surface area contributed by atoms with Gasteiger partial charge in [0, 0.05) is 36.8 Å². The van der Waals surface area contributed by atoms with Crippen LogP contribution in [0.1, 0.15) is 31.2 Å². The van der Waals surface area contributed by atoms with E-state index in [0.29, 0.717) is 12.4 Å². The van der Waals surface area contributed by atoms with E-state index >= 15 is 0 Å². The van der Waals surface area contributed by atoms with Crippen LogP contribution in [0.15, 0.2) is 17.9 Å². The highest BCUT2D eigenvalue weighted by Crippen LogP contribution is 2.16. The molecule has 22 heavy (non-hydrogen) atoms. The van der Waals surface area contributed by atoms with Crippen LogP contribution in [0.3, 0.4) is 0 Å². The SMILES string of the molecule is Cn1ncc(CNCc2cncs2)c1NC(=O)OC(C)(C)C. The van der Waals surface area contributed by atoms with Crippen LogP contribution in [-0.2, 0) is 24.9 Å². The molecule has 0 atom stereocenters. The first-order chi connectivity index (χ1) is 10.3. The fourth-order valence-corrected chi connectivity index (χ4v) is 2.39. The van der Waals surface area contributed by atoms with Gasteiger partial charge in [-0.1, -0.05) is 0 Å². The predicted octanol–water partition coefficient (Wildman–Crippen LogP) is 2.51. The highest BCUT2D eigenvalue weighted by molar-refractivity contribution is 7.09. The van der Waals surface area contributed by atoms with E-state index in [1.165, 1.54) is 0 Å². The van der Waals surface area contributed by atoms with Gasteiger partial charge in [0.25, 0.3) is 0 Å². The lowest BCUT2D eigenvalue weighted by atomic mass is 10.2. The second-order valence-corrected chi connectivity index (χ2v) is 6.81. The topological polar surface area (TPSA) is 81.1 Å². The molecule has 7 nitrogen and oxygen atoms in total. The number of amides is 1. The number of hydrogen-bond donors (Lipinski definition) is 2. The zero-order valence-corrected chi connectivity index (χ0v) is 14.0. The van der Waals surface area contributed by atoms with Gasteiger partial charge >= 0.3 is 6.09 Å². The van der Waals surface area contributed by atoms with Crippen molar-refractivity contribution in [3.8, 4) is 0 Å². The maximum absolute atomic E-state index is 11.9. The Morgan fingerprint density at radius 2 is 2.14 bits per heavy atom. The van der Waals surface area contributed by atoms with Crippen LogP contribution in [-0.4, -0.2) is 26.5 Å². The summed E-state index contributed by atoms with van der Waals surface area (Å²) in [7, 11) is 1.78. The van der Waals surface area contributed by atoms with Gasteiger partial charge < -0.3 is 10.1 Å². The lowest BCUT2D eigenvalue weighted by molar-refractivity contribution is 0.0634. The van der Waals surface area contributed by atoms with Crippen LogP contribution >= 0.6 is 11.3 Å². The van der Waals surface area contributed by atoms with Crippen molar-refractivity contribution in [1.82, 2.24) is 20.1 Å². The van der Waals surface area contributed by atoms with E-state index in [2.05, 4.69) is 20.7 Å². The lowest BCUT2D eigenvalue weighted by Crippen LogP contribution is -2.28. The summed E-state index contributed by atoms with van der Waals surface area (Å²) in [5.74, 6) is 0.631. The summed E-state index contributed by atoms with van der Waals surface area (Å²) in [6.07, 6.45) is 3.08. The number of nitrogens with one attached hydrogen (secondary N) is 2. The van der Waals surface area contributed by atoms with Gasteiger partial charge in [0.1, 0.15) is 11.4 Å². The second-order valence-electron chi connectivity index (χ2n) is 5.84. The number of nitrogens with zero attached hydrogens (tertiary/aromatic N) is 3. The molecule has 2 aromatic heterocycles. The highest BCUT2D eigenvalue weighted by atomic mass is 32.1. The fraction of sp³-hybridized carbons (Fsp3) is 0.500. The average molecular weight is 323 g/mol. The number of aromatic nitrogens is 3. The molecule has 2 aromatic rings. The van der Waals surface area contributed by atoms with E-state index in [1.807, 2.05) is 27.0 Å². The molecule has 1 amide bonds. The van der Waals surface area contributed by atoms with Gasteiger partial charge in [0.15, 0.2) is 0 Å². The molecular weight excluding hydrogens is 302 g/mol. The van der Waals surface area contributed by atoms with E-state index in [-0.39, 0.29) is 0 Å². The molecule has 2 rings (SSSR count). The third-order valence-electron chi connectivity index (χ3n) is 2.73. The molecule has 0 bridgehead atoms. The molecule has 0 saturated heterocycles. The van der Waals surface area contributed by atoms with E-state index in [4.69, 9.17) is 4.74 Å². The van der Waals surface area contributed by atoms with Crippen LogP contribution in [0.2, 0.25) is 0 Å². The van der Waals surface area contributed by atoms with Gasteiger partial charge in [-0.2, -0.15) is 5.10 Å². The van der Waals surface area contributed by atoms with Crippen molar-refractivity contribution in [3.63, 3.8) is 0 Å². The number of carbonyl (C=O) groups is 1. The van der Waals surface area contributed by atoms with E-state index in [0.717, 1.165) is 17.0 Å².